The first-order valence-corrected chi connectivity index (χ1v) is 10.2. The maximum atomic E-state index is 5.47. The van der Waals surface area contributed by atoms with Crippen LogP contribution in [-0.2, 0) is 24.9 Å². The van der Waals surface area contributed by atoms with Crippen molar-refractivity contribution in [2.45, 2.75) is 19.5 Å². The molecule has 0 aliphatic carbocycles. The van der Waals surface area contributed by atoms with E-state index >= 15 is 0 Å². The van der Waals surface area contributed by atoms with Crippen molar-refractivity contribution >= 4 is 10.9 Å². The summed E-state index contributed by atoms with van der Waals surface area (Å²) in [5, 5.41) is 1.36. The van der Waals surface area contributed by atoms with Crippen LogP contribution < -0.4 is 0 Å². The van der Waals surface area contributed by atoms with Gasteiger partial charge < -0.3 is 9.30 Å². The summed E-state index contributed by atoms with van der Waals surface area (Å²) in [6, 6.07) is 12.9. The summed E-state index contributed by atoms with van der Waals surface area (Å²) in [4.78, 5) is 9.37. The quantitative estimate of drug-likeness (QED) is 0.602. The number of morpholine rings is 1. The monoisotopic (exact) mass is 378 g/mol. The first kappa shape index (κ1) is 19.1. The molecule has 5 nitrogen and oxygen atoms in total. The normalized spacial score (nSPS) is 15.5. The fourth-order valence-electron chi connectivity index (χ4n) is 4.10. The average Bonchev–Trinajstić information content (AvgIpc) is 3.05. The smallest absolute Gasteiger partial charge is 0.0594 e. The highest BCUT2D eigenvalue weighted by Crippen LogP contribution is 2.22. The summed E-state index contributed by atoms with van der Waals surface area (Å²) in [6.45, 7) is 7.97. The number of rotatable bonds is 8. The lowest BCUT2D eigenvalue weighted by atomic mass is 10.1. The Labute approximate surface area is 167 Å². The van der Waals surface area contributed by atoms with Crippen molar-refractivity contribution in [1.29, 1.82) is 0 Å². The van der Waals surface area contributed by atoms with Crippen LogP contribution in [0.2, 0.25) is 0 Å². The van der Waals surface area contributed by atoms with Crippen molar-refractivity contribution in [2.75, 3.05) is 39.4 Å². The molecule has 0 radical (unpaired) electrons. The standard InChI is InChI=1S/C23H30N4O/c1-25-18-21(22-7-2-3-8-23(22)25)19-27(17-20-6-4-9-24-16-20)11-5-10-26-12-14-28-15-13-26/h2-4,6-9,16,18H,5,10-15,17,19H2,1H3. The van der Waals surface area contributed by atoms with Crippen LogP contribution in [0, 0.1) is 0 Å². The van der Waals surface area contributed by atoms with E-state index in [1.54, 1.807) is 0 Å². The Hall–Kier alpha value is -2.21. The maximum Gasteiger partial charge on any atom is 0.0594 e. The highest BCUT2D eigenvalue weighted by atomic mass is 16.5. The Morgan fingerprint density at radius 2 is 1.93 bits per heavy atom. The summed E-state index contributed by atoms with van der Waals surface area (Å²) >= 11 is 0. The molecule has 1 aliphatic rings. The summed E-state index contributed by atoms with van der Waals surface area (Å²) in [7, 11) is 2.13. The highest BCUT2D eigenvalue weighted by molar-refractivity contribution is 5.83. The van der Waals surface area contributed by atoms with Crippen LogP contribution in [0.1, 0.15) is 17.5 Å². The topological polar surface area (TPSA) is 33.5 Å². The van der Waals surface area contributed by atoms with Gasteiger partial charge in [-0.15, -0.1) is 0 Å². The van der Waals surface area contributed by atoms with Gasteiger partial charge >= 0.3 is 0 Å². The van der Waals surface area contributed by atoms with Crippen LogP contribution in [0.5, 0.6) is 0 Å². The van der Waals surface area contributed by atoms with E-state index in [2.05, 4.69) is 62.9 Å². The molecule has 148 valence electrons. The van der Waals surface area contributed by atoms with Gasteiger partial charge in [0.1, 0.15) is 0 Å². The molecule has 0 unspecified atom stereocenters. The molecule has 0 bridgehead atoms. The lowest BCUT2D eigenvalue weighted by molar-refractivity contribution is 0.0359. The van der Waals surface area contributed by atoms with Gasteiger partial charge in [-0.25, -0.2) is 0 Å². The minimum absolute atomic E-state index is 0.870. The fourth-order valence-corrected chi connectivity index (χ4v) is 4.10. The Morgan fingerprint density at radius 1 is 1.07 bits per heavy atom. The van der Waals surface area contributed by atoms with E-state index in [4.69, 9.17) is 4.74 Å². The first-order chi connectivity index (χ1) is 13.8. The molecular weight excluding hydrogens is 348 g/mol. The Bertz CT molecular complexity index is 871. The Balaban J connectivity index is 1.45. The average molecular weight is 379 g/mol. The van der Waals surface area contributed by atoms with Crippen molar-refractivity contribution < 1.29 is 4.74 Å². The van der Waals surface area contributed by atoms with Crippen LogP contribution in [0.4, 0.5) is 0 Å². The largest absolute Gasteiger partial charge is 0.379 e. The molecule has 0 atom stereocenters. The van der Waals surface area contributed by atoms with E-state index in [9.17, 15) is 0 Å². The number of aromatic nitrogens is 2. The van der Waals surface area contributed by atoms with Gasteiger partial charge in [-0.05, 0) is 36.2 Å². The van der Waals surface area contributed by atoms with Crippen molar-refractivity contribution in [3.8, 4) is 0 Å². The third-order valence-corrected chi connectivity index (χ3v) is 5.55. The molecule has 1 aliphatic heterocycles. The summed E-state index contributed by atoms with van der Waals surface area (Å²) in [6.07, 6.45) is 7.28. The van der Waals surface area contributed by atoms with Crippen LogP contribution in [0.25, 0.3) is 10.9 Å². The third-order valence-electron chi connectivity index (χ3n) is 5.55. The molecule has 0 N–H and O–H groups in total. The van der Waals surface area contributed by atoms with E-state index < -0.39 is 0 Å². The number of pyridine rings is 1. The second-order valence-corrected chi connectivity index (χ2v) is 7.66. The summed E-state index contributed by atoms with van der Waals surface area (Å²) < 4.78 is 7.70. The van der Waals surface area contributed by atoms with Crippen LogP contribution in [0.15, 0.2) is 55.0 Å². The number of nitrogens with zero attached hydrogens (tertiary/aromatic N) is 4. The molecular formula is C23H30N4O. The first-order valence-electron chi connectivity index (χ1n) is 10.2. The molecule has 3 heterocycles. The van der Waals surface area contributed by atoms with Crippen molar-refractivity contribution in [1.82, 2.24) is 19.4 Å². The van der Waals surface area contributed by atoms with Gasteiger partial charge in [-0.2, -0.15) is 0 Å². The zero-order valence-corrected chi connectivity index (χ0v) is 16.8. The molecule has 1 saturated heterocycles. The van der Waals surface area contributed by atoms with E-state index in [0.717, 1.165) is 52.5 Å². The molecule has 3 aromatic rings. The number of para-hydroxylation sites is 1. The Morgan fingerprint density at radius 3 is 2.75 bits per heavy atom. The van der Waals surface area contributed by atoms with Gasteiger partial charge in [0.05, 0.1) is 13.2 Å². The summed E-state index contributed by atoms with van der Waals surface area (Å²) in [5.74, 6) is 0. The van der Waals surface area contributed by atoms with Crippen molar-refractivity contribution in [2.24, 2.45) is 7.05 Å². The minimum atomic E-state index is 0.870. The van der Waals surface area contributed by atoms with Crippen molar-refractivity contribution in [3.63, 3.8) is 0 Å². The van der Waals surface area contributed by atoms with E-state index in [1.165, 1.54) is 28.5 Å². The lowest BCUT2D eigenvalue weighted by Crippen LogP contribution is -2.38. The van der Waals surface area contributed by atoms with E-state index in [-0.39, 0.29) is 0 Å². The number of benzene rings is 1. The van der Waals surface area contributed by atoms with Gasteiger partial charge in [-0.3, -0.25) is 14.8 Å². The number of hydrogen-bond donors (Lipinski definition) is 0. The third kappa shape index (κ3) is 4.79. The lowest BCUT2D eigenvalue weighted by Gasteiger charge is -2.28. The van der Waals surface area contributed by atoms with Gasteiger partial charge in [0, 0.05) is 69.3 Å². The molecule has 0 spiro atoms. The molecule has 1 aromatic carbocycles. The van der Waals surface area contributed by atoms with Crippen LogP contribution >= 0.6 is 0 Å². The van der Waals surface area contributed by atoms with Gasteiger partial charge in [0.15, 0.2) is 0 Å². The molecule has 0 saturated carbocycles. The van der Waals surface area contributed by atoms with E-state index in [1.807, 2.05) is 18.5 Å². The molecule has 5 heteroatoms. The zero-order chi connectivity index (χ0) is 19.2. The summed E-state index contributed by atoms with van der Waals surface area (Å²) in [5.41, 5.74) is 3.97. The molecule has 0 amide bonds. The number of ether oxygens (including phenoxy) is 1. The number of fused-ring (bicyclic) bond motifs is 1. The molecule has 2 aromatic heterocycles. The van der Waals surface area contributed by atoms with Gasteiger partial charge in [0.2, 0.25) is 0 Å². The molecule has 1 fully saturated rings. The van der Waals surface area contributed by atoms with Gasteiger partial charge in [0.25, 0.3) is 0 Å². The van der Waals surface area contributed by atoms with E-state index in [0.29, 0.717) is 0 Å². The highest BCUT2D eigenvalue weighted by Gasteiger charge is 2.14. The predicted octanol–water partition coefficient (Wildman–Crippen LogP) is 3.30. The van der Waals surface area contributed by atoms with Crippen molar-refractivity contribution in [3.05, 3.63) is 66.1 Å². The van der Waals surface area contributed by atoms with Crippen LogP contribution in [-0.4, -0.2) is 58.7 Å². The Kier molecular flexibility index (Phi) is 6.37. The number of hydrogen-bond acceptors (Lipinski definition) is 4. The second kappa shape index (κ2) is 9.32. The molecule has 4 rings (SSSR count). The zero-order valence-electron chi connectivity index (χ0n) is 16.8. The second-order valence-electron chi connectivity index (χ2n) is 7.66. The van der Waals surface area contributed by atoms with Crippen LogP contribution in [0.3, 0.4) is 0 Å². The minimum Gasteiger partial charge on any atom is -0.379 e. The number of aryl methyl sites for hydroxylation is 1. The SMILES string of the molecule is Cn1cc(CN(CCCN2CCOCC2)Cc2cccnc2)c2ccccc21. The maximum absolute atomic E-state index is 5.47. The molecule has 28 heavy (non-hydrogen) atoms. The predicted molar refractivity (Wildman–Crippen MR) is 113 cm³/mol. The fraction of sp³-hybridized carbons (Fsp3) is 0.435. The van der Waals surface area contributed by atoms with Gasteiger partial charge in [-0.1, -0.05) is 24.3 Å².